The monoisotopic (exact) mass is 432 g/mol. The van der Waals surface area contributed by atoms with E-state index in [4.69, 9.17) is 0 Å². The predicted molar refractivity (Wildman–Crippen MR) is 143 cm³/mol. The summed E-state index contributed by atoms with van der Waals surface area (Å²) in [5.41, 5.74) is 0. The molecule has 0 spiro atoms. The summed E-state index contributed by atoms with van der Waals surface area (Å²) >= 11 is 0. The molecule has 2 heteroatoms. The van der Waals surface area contributed by atoms with E-state index in [1.807, 2.05) is 27.7 Å². The van der Waals surface area contributed by atoms with E-state index < -0.39 is 0 Å². The third kappa shape index (κ3) is 16.5. The smallest absolute Gasteiger partial charge is 0.126 e. The van der Waals surface area contributed by atoms with Gasteiger partial charge < -0.3 is 9.59 Å². The maximum atomic E-state index is 9.44. The topological polar surface area (TPSA) is 34.1 Å². The van der Waals surface area contributed by atoms with Crippen molar-refractivity contribution >= 4 is 33.1 Å². The van der Waals surface area contributed by atoms with Crippen LogP contribution in [0.5, 0.6) is 0 Å². The van der Waals surface area contributed by atoms with E-state index in [2.05, 4.69) is 97.1 Å². The number of carbonyl (C=O) groups excluding carboxylic acids is 2. The van der Waals surface area contributed by atoms with Crippen LogP contribution in [0.25, 0.3) is 21.5 Å². The minimum Gasteiger partial charge on any atom is -0.300 e. The first-order chi connectivity index (χ1) is 15.4. The SMILES string of the molecule is CC.CC.CC(C)=O.CC(C)=O.c1ccc2ccccc2c1.c1ccc2ccccc2c1. The summed E-state index contributed by atoms with van der Waals surface area (Å²) in [6.07, 6.45) is 0. The Morgan fingerprint density at radius 1 is 0.375 bits per heavy atom. The zero-order chi connectivity index (χ0) is 24.8. The lowest BCUT2D eigenvalue weighted by atomic mass is 10.1. The van der Waals surface area contributed by atoms with Gasteiger partial charge in [0.15, 0.2) is 0 Å². The minimum atomic E-state index is 0.167. The molecular weight excluding hydrogens is 392 g/mol. The summed E-state index contributed by atoms with van der Waals surface area (Å²) in [7, 11) is 0. The normalized spacial score (nSPS) is 8.25. The fourth-order valence-corrected chi connectivity index (χ4v) is 2.27. The molecule has 0 fully saturated rings. The van der Waals surface area contributed by atoms with Crippen molar-refractivity contribution in [3.63, 3.8) is 0 Å². The van der Waals surface area contributed by atoms with E-state index in [-0.39, 0.29) is 11.6 Å². The lowest BCUT2D eigenvalue weighted by Crippen LogP contribution is -1.69. The van der Waals surface area contributed by atoms with Crippen molar-refractivity contribution < 1.29 is 9.59 Å². The lowest BCUT2D eigenvalue weighted by Gasteiger charge is -1.92. The largest absolute Gasteiger partial charge is 0.300 e. The Hall–Kier alpha value is -3.26. The average Bonchev–Trinajstić information content (AvgIpc) is 2.82. The van der Waals surface area contributed by atoms with Crippen LogP contribution in [0.15, 0.2) is 97.1 Å². The number of fused-ring (bicyclic) bond motifs is 2. The Morgan fingerprint density at radius 3 is 0.562 bits per heavy atom. The average molecular weight is 433 g/mol. The van der Waals surface area contributed by atoms with Gasteiger partial charge in [0.1, 0.15) is 11.6 Å². The van der Waals surface area contributed by atoms with Crippen molar-refractivity contribution in [2.24, 2.45) is 0 Å². The molecule has 0 N–H and O–H groups in total. The molecule has 32 heavy (non-hydrogen) atoms. The molecular formula is C30H40O2. The first-order valence-electron chi connectivity index (χ1n) is 11.2. The Labute approximate surface area is 195 Å². The summed E-state index contributed by atoms with van der Waals surface area (Å²) in [4.78, 5) is 18.9. The Morgan fingerprint density at radius 2 is 0.469 bits per heavy atom. The Balaban J connectivity index is 0. The molecule has 0 saturated heterocycles. The van der Waals surface area contributed by atoms with Crippen molar-refractivity contribution in [2.75, 3.05) is 0 Å². The summed E-state index contributed by atoms with van der Waals surface area (Å²) in [5, 5.41) is 5.24. The molecule has 4 aromatic rings. The molecule has 0 atom stereocenters. The van der Waals surface area contributed by atoms with Gasteiger partial charge in [0, 0.05) is 0 Å². The van der Waals surface area contributed by atoms with E-state index >= 15 is 0 Å². The highest BCUT2D eigenvalue weighted by Gasteiger charge is 1.86. The number of hydrogen-bond acceptors (Lipinski definition) is 2. The van der Waals surface area contributed by atoms with Gasteiger partial charge in [-0.15, -0.1) is 0 Å². The van der Waals surface area contributed by atoms with Gasteiger partial charge in [-0.3, -0.25) is 0 Å². The van der Waals surface area contributed by atoms with Gasteiger partial charge in [0.25, 0.3) is 0 Å². The van der Waals surface area contributed by atoms with E-state index in [0.29, 0.717) is 0 Å². The van der Waals surface area contributed by atoms with Gasteiger partial charge in [0.05, 0.1) is 0 Å². The molecule has 0 aliphatic rings. The molecule has 0 aliphatic carbocycles. The molecule has 172 valence electrons. The number of benzene rings is 4. The van der Waals surface area contributed by atoms with Crippen LogP contribution in [0.3, 0.4) is 0 Å². The van der Waals surface area contributed by atoms with Crippen LogP contribution in [0.2, 0.25) is 0 Å². The number of hydrogen-bond donors (Lipinski definition) is 0. The van der Waals surface area contributed by atoms with Crippen molar-refractivity contribution in [2.45, 2.75) is 55.4 Å². The third-order valence-corrected chi connectivity index (χ3v) is 3.32. The molecule has 4 rings (SSSR count). The molecule has 0 heterocycles. The van der Waals surface area contributed by atoms with Crippen LogP contribution in [0.4, 0.5) is 0 Å². The van der Waals surface area contributed by atoms with Crippen LogP contribution in [0.1, 0.15) is 55.4 Å². The van der Waals surface area contributed by atoms with E-state index in [9.17, 15) is 9.59 Å². The highest BCUT2D eigenvalue weighted by atomic mass is 16.1. The first kappa shape index (κ1) is 30.9. The second kappa shape index (κ2) is 21.0. The Bertz CT molecular complexity index is 781. The summed E-state index contributed by atoms with van der Waals surface area (Å²) < 4.78 is 0. The highest BCUT2D eigenvalue weighted by Crippen LogP contribution is 2.12. The van der Waals surface area contributed by atoms with Gasteiger partial charge in [-0.25, -0.2) is 0 Å². The number of ketones is 2. The maximum Gasteiger partial charge on any atom is 0.126 e. The van der Waals surface area contributed by atoms with Crippen LogP contribution in [0, 0.1) is 0 Å². The lowest BCUT2D eigenvalue weighted by molar-refractivity contribution is -0.115. The first-order valence-corrected chi connectivity index (χ1v) is 11.2. The summed E-state index contributed by atoms with van der Waals surface area (Å²) in [6, 6.07) is 33.4. The molecule has 0 bridgehead atoms. The van der Waals surface area contributed by atoms with E-state index in [1.165, 1.54) is 49.2 Å². The fraction of sp³-hybridized carbons (Fsp3) is 0.267. The predicted octanol–water partition coefficient (Wildman–Crippen LogP) is 8.92. The highest BCUT2D eigenvalue weighted by molar-refractivity contribution is 5.82. The van der Waals surface area contributed by atoms with Gasteiger partial charge in [-0.1, -0.05) is 125 Å². The van der Waals surface area contributed by atoms with Gasteiger partial charge >= 0.3 is 0 Å². The number of Topliss-reactive ketones (excluding diaryl/α,β-unsaturated/α-hetero) is 2. The molecule has 0 aromatic heterocycles. The minimum absolute atomic E-state index is 0.167. The van der Waals surface area contributed by atoms with Crippen molar-refractivity contribution in [1.82, 2.24) is 0 Å². The van der Waals surface area contributed by atoms with E-state index in [0.717, 1.165) is 0 Å². The molecule has 0 radical (unpaired) electrons. The fourth-order valence-electron chi connectivity index (χ4n) is 2.27. The third-order valence-electron chi connectivity index (χ3n) is 3.32. The molecule has 0 aliphatic heterocycles. The van der Waals surface area contributed by atoms with Gasteiger partial charge in [-0.05, 0) is 49.2 Å². The maximum absolute atomic E-state index is 9.44. The molecule has 0 saturated carbocycles. The second-order valence-electron chi connectivity index (χ2n) is 6.51. The van der Waals surface area contributed by atoms with Crippen LogP contribution in [-0.4, -0.2) is 11.6 Å². The number of rotatable bonds is 0. The quantitative estimate of drug-likeness (QED) is 0.278. The molecule has 0 unspecified atom stereocenters. The van der Waals surface area contributed by atoms with Crippen molar-refractivity contribution in [3.05, 3.63) is 97.1 Å². The standard InChI is InChI=1S/2C10H8.2C3H6O.2C2H6/c2*1-2-6-10-8-4-3-7-9(10)5-1;2*1-3(2)4;2*1-2/h2*1-8H;2*1-2H3;2*1-2H3. The molecule has 2 nitrogen and oxygen atoms in total. The zero-order valence-corrected chi connectivity index (χ0v) is 21.1. The van der Waals surface area contributed by atoms with Crippen molar-refractivity contribution in [3.8, 4) is 0 Å². The zero-order valence-electron chi connectivity index (χ0n) is 21.1. The van der Waals surface area contributed by atoms with Gasteiger partial charge in [-0.2, -0.15) is 0 Å². The summed E-state index contributed by atoms with van der Waals surface area (Å²) in [6.45, 7) is 14.1. The van der Waals surface area contributed by atoms with Crippen LogP contribution in [-0.2, 0) is 9.59 Å². The van der Waals surface area contributed by atoms with Crippen LogP contribution >= 0.6 is 0 Å². The van der Waals surface area contributed by atoms with E-state index in [1.54, 1.807) is 0 Å². The van der Waals surface area contributed by atoms with Crippen LogP contribution < -0.4 is 0 Å². The Kier molecular flexibility index (Phi) is 20.3. The molecule has 0 amide bonds. The second-order valence-corrected chi connectivity index (χ2v) is 6.51. The van der Waals surface area contributed by atoms with Crippen molar-refractivity contribution in [1.29, 1.82) is 0 Å². The molecule has 4 aromatic carbocycles. The van der Waals surface area contributed by atoms with Gasteiger partial charge in [0.2, 0.25) is 0 Å². The number of carbonyl (C=O) groups is 2. The summed E-state index contributed by atoms with van der Waals surface area (Å²) in [5.74, 6) is 0.333.